The van der Waals surface area contributed by atoms with E-state index < -0.39 is 29.0 Å². The normalized spacial score (nSPS) is 12.9. The summed E-state index contributed by atoms with van der Waals surface area (Å²) in [6.45, 7) is 4.97. The largest absolute Gasteiger partial charge is 0.481 e. The van der Waals surface area contributed by atoms with Crippen LogP contribution in [0.4, 0.5) is 10.1 Å². The van der Waals surface area contributed by atoms with Crippen LogP contribution in [0.25, 0.3) is 0 Å². The van der Waals surface area contributed by atoms with Crippen molar-refractivity contribution in [2.24, 2.45) is 11.3 Å². The van der Waals surface area contributed by atoms with Gasteiger partial charge in [0.2, 0.25) is 5.91 Å². The first kappa shape index (κ1) is 15.4. The highest BCUT2D eigenvalue weighted by Gasteiger charge is 2.37. The lowest BCUT2D eigenvalue weighted by Crippen LogP contribution is -2.39. The molecule has 0 radical (unpaired) electrons. The number of carbonyl (C=O) groups is 2. The fraction of sp³-hybridized carbons (Fsp3) is 0.385. The molecule has 0 heterocycles. The van der Waals surface area contributed by atoms with Gasteiger partial charge in [-0.25, -0.2) is 4.39 Å². The fourth-order valence-corrected chi connectivity index (χ4v) is 1.84. The van der Waals surface area contributed by atoms with E-state index in [0.717, 1.165) is 6.07 Å². The Morgan fingerprint density at radius 1 is 1.37 bits per heavy atom. The predicted molar refractivity (Wildman–Crippen MR) is 70.6 cm³/mol. The molecule has 0 aliphatic rings. The van der Waals surface area contributed by atoms with Gasteiger partial charge in [-0.15, -0.1) is 0 Å². The van der Waals surface area contributed by atoms with Crippen molar-refractivity contribution in [3.8, 4) is 0 Å². The molecule has 1 unspecified atom stereocenters. The van der Waals surface area contributed by atoms with Crippen LogP contribution in [0.15, 0.2) is 18.2 Å². The molecule has 1 amide bonds. The lowest BCUT2D eigenvalue weighted by molar-refractivity contribution is -0.149. The molecule has 0 saturated heterocycles. The van der Waals surface area contributed by atoms with Crippen LogP contribution in [0.1, 0.15) is 20.8 Å². The molecular weight excluding hydrogens is 273 g/mol. The van der Waals surface area contributed by atoms with Crippen LogP contribution >= 0.6 is 11.6 Å². The Balaban J connectivity index is 2.94. The first-order chi connectivity index (χ1) is 8.62. The van der Waals surface area contributed by atoms with Crippen molar-refractivity contribution >= 4 is 29.2 Å². The van der Waals surface area contributed by atoms with Gasteiger partial charge in [0.05, 0.1) is 5.02 Å². The third kappa shape index (κ3) is 3.92. The number of anilines is 1. The topological polar surface area (TPSA) is 66.4 Å². The molecule has 6 heteroatoms. The summed E-state index contributed by atoms with van der Waals surface area (Å²) in [6, 6.07) is 3.65. The first-order valence-corrected chi connectivity index (χ1v) is 5.99. The Labute approximate surface area is 115 Å². The number of amides is 1. The summed E-state index contributed by atoms with van der Waals surface area (Å²) in [5, 5.41) is 11.4. The molecule has 0 aliphatic carbocycles. The molecule has 104 valence electrons. The molecule has 0 aliphatic heterocycles. The van der Waals surface area contributed by atoms with E-state index in [2.05, 4.69) is 5.32 Å². The number of aliphatic carboxylic acids is 1. The van der Waals surface area contributed by atoms with E-state index in [0.29, 0.717) is 0 Å². The third-order valence-corrected chi connectivity index (χ3v) is 2.85. The summed E-state index contributed by atoms with van der Waals surface area (Å²) in [6.07, 6.45) is 0. The van der Waals surface area contributed by atoms with E-state index >= 15 is 0 Å². The minimum Gasteiger partial charge on any atom is -0.481 e. The van der Waals surface area contributed by atoms with Crippen LogP contribution in [0.5, 0.6) is 0 Å². The molecular formula is C13H15ClFNO3. The number of carbonyl (C=O) groups excluding carboxylic acids is 1. The van der Waals surface area contributed by atoms with Crippen molar-refractivity contribution in [2.75, 3.05) is 5.32 Å². The molecule has 0 bridgehead atoms. The number of rotatable bonds is 3. The number of halogens is 2. The summed E-state index contributed by atoms with van der Waals surface area (Å²) in [4.78, 5) is 23.1. The summed E-state index contributed by atoms with van der Waals surface area (Å²) in [7, 11) is 0. The quantitative estimate of drug-likeness (QED) is 0.839. The Hall–Kier alpha value is -1.62. The van der Waals surface area contributed by atoms with Gasteiger partial charge in [0, 0.05) is 5.69 Å². The molecule has 0 aromatic heterocycles. The molecule has 1 atom stereocenters. The maximum atomic E-state index is 13.0. The van der Waals surface area contributed by atoms with Gasteiger partial charge in [-0.1, -0.05) is 32.4 Å². The minimum absolute atomic E-state index is 0.138. The molecule has 1 aromatic carbocycles. The van der Waals surface area contributed by atoms with Crippen molar-refractivity contribution in [2.45, 2.75) is 20.8 Å². The van der Waals surface area contributed by atoms with Gasteiger partial charge in [-0.3, -0.25) is 9.59 Å². The van der Waals surface area contributed by atoms with Gasteiger partial charge >= 0.3 is 5.97 Å². The molecule has 19 heavy (non-hydrogen) atoms. The summed E-state index contributed by atoms with van der Waals surface area (Å²) < 4.78 is 13.0. The highest BCUT2D eigenvalue weighted by molar-refractivity contribution is 6.31. The van der Waals surface area contributed by atoms with E-state index in [4.69, 9.17) is 16.7 Å². The highest BCUT2D eigenvalue weighted by Crippen LogP contribution is 2.28. The van der Waals surface area contributed by atoms with Crippen LogP contribution in [0, 0.1) is 17.2 Å². The van der Waals surface area contributed by atoms with Crippen LogP contribution in [0.2, 0.25) is 5.02 Å². The molecule has 1 aromatic rings. The Morgan fingerprint density at radius 2 is 1.95 bits per heavy atom. The average Bonchev–Trinajstić information content (AvgIpc) is 2.20. The van der Waals surface area contributed by atoms with Crippen LogP contribution in [0.3, 0.4) is 0 Å². The van der Waals surface area contributed by atoms with E-state index in [1.807, 2.05) is 0 Å². The van der Waals surface area contributed by atoms with E-state index in [1.54, 1.807) is 20.8 Å². The zero-order valence-corrected chi connectivity index (χ0v) is 11.6. The van der Waals surface area contributed by atoms with Gasteiger partial charge < -0.3 is 10.4 Å². The Bertz CT molecular complexity index is 511. The van der Waals surface area contributed by atoms with Gasteiger partial charge in [0.15, 0.2) is 0 Å². The molecule has 2 N–H and O–H groups in total. The second-order valence-corrected chi connectivity index (χ2v) is 5.66. The summed E-state index contributed by atoms with van der Waals surface area (Å²) in [5.41, 5.74) is -0.480. The summed E-state index contributed by atoms with van der Waals surface area (Å²) in [5.74, 6) is -3.69. The fourth-order valence-electron chi connectivity index (χ4n) is 1.66. The van der Waals surface area contributed by atoms with Crippen molar-refractivity contribution < 1.29 is 19.1 Å². The molecule has 0 fully saturated rings. The van der Waals surface area contributed by atoms with Gasteiger partial charge in [0.25, 0.3) is 0 Å². The number of carboxylic acids is 1. The number of nitrogens with one attached hydrogen (secondary N) is 1. The standard InChI is InChI=1S/C13H15ClFNO3/c1-13(2,3)10(12(18)19)11(17)16-7-4-5-9(15)8(14)6-7/h4-6,10H,1-3H3,(H,16,17)(H,18,19). The minimum atomic E-state index is -1.21. The van der Waals surface area contributed by atoms with Crippen molar-refractivity contribution in [1.82, 2.24) is 0 Å². The molecule has 1 rings (SSSR count). The lowest BCUT2D eigenvalue weighted by Gasteiger charge is -2.25. The summed E-state index contributed by atoms with van der Waals surface area (Å²) >= 11 is 5.59. The third-order valence-electron chi connectivity index (χ3n) is 2.56. The predicted octanol–water partition coefficient (Wildman–Crippen LogP) is 3.16. The highest BCUT2D eigenvalue weighted by atomic mass is 35.5. The molecule has 4 nitrogen and oxygen atoms in total. The lowest BCUT2D eigenvalue weighted by atomic mass is 9.80. The SMILES string of the molecule is CC(C)(C)C(C(=O)O)C(=O)Nc1ccc(F)c(Cl)c1. The monoisotopic (exact) mass is 287 g/mol. The van der Waals surface area contributed by atoms with Crippen LogP contribution in [-0.4, -0.2) is 17.0 Å². The number of benzene rings is 1. The van der Waals surface area contributed by atoms with Gasteiger partial charge in [0.1, 0.15) is 11.7 Å². The number of hydrogen-bond donors (Lipinski definition) is 2. The van der Waals surface area contributed by atoms with Crippen LogP contribution in [-0.2, 0) is 9.59 Å². The van der Waals surface area contributed by atoms with Crippen molar-refractivity contribution in [1.29, 1.82) is 0 Å². The smallest absolute Gasteiger partial charge is 0.316 e. The Morgan fingerprint density at radius 3 is 2.37 bits per heavy atom. The van der Waals surface area contributed by atoms with Crippen molar-refractivity contribution in [3.05, 3.63) is 29.0 Å². The van der Waals surface area contributed by atoms with Gasteiger partial charge in [-0.2, -0.15) is 0 Å². The zero-order valence-electron chi connectivity index (χ0n) is 10.8. The van der Waals surface area contributed by atoms with E-state index in [1.165, 1.54) is 12.1 Å². The molecule has 0 saturated carbocycles. The zero-order chi connectivity index (χ0) is 14.8. The maximum absolute atomic E-state index is 13.0. The maximum Gasteiger partial charge on any atom is 0.316 e. The van der Waals surface area contributed by atoms with Crippen LogP contribution < -0.4 is 5.32 Å². The van der Waals surface area contributed by atoms with E-state index in [9.17, 15) is 14.0 Å². The second kappa shape index (κ2) is 5.57. The van der Waals surface area contributed by atoms with Crippen molar-refractivity contribution in [3.63, 3.8) is 0 Å². The molecule has 0 spiro atoms. The Kier molecular flexibility index (Phi) is 4.52. The number of hydrogen-bond acceptors (Lipinski definition) is 2. The first-order valence-electron chi connectivity index (χ1n) is 5.61. The average molecular weight is 288 g/mol. The van der Waals surface area contributed by atoms with E-state index in [-0.39, 0.29) is 10.7 Å². The number of carboxylic acid groups (broad SMARTS) is 1. The van der Waals surface area contributed by atoms with Gasteiger partial charge in [-0.05, 0) is 23.6 Å². The second-order valence-electron chi connectivity index (χ2n) is 5.26.